The number of rotatable bonds is 11. The van der Waals surface area contributed by atoms with Gasteiger partial charge in [0.1, 0.15) is 0 Å². The molecular weight excluding hydrogens is 276 g/mol. The Bertz CT molecular complexity index is 447. The van der Waals surface area contributed by atoms with E-state index in [9.17, 15) is 4.79 Å². The zero-order valence-electron chi connectivity index (χ0n) is 13.8. The molecule has 0 spiro atoms. The molecule has 1 aromatic carbocycles. The number of carbonyl (C=O) groups excluding carboxylic acids is 1. The van der Waals surface area contributed by atoms with Crippen molar-refractivity contribution >= 4 is 17.3 Å². The number of carbonyl (C=O) groups is 1. The molecule has 0 aliphatic rings. The molecule has 22 heavy (non-hydrogen) atoms. The van der Waals surface area contributed by atoms with Crippen molar-refractivity contribution in [3.05, 3.63) is 18.2 Å². The molecule has 0 heterocycles. The van der Waals surface area contributed by atoms with Crippen LogP contribution in [0.2, 0.25) is 0 Å². The summed E-state index contributed by atoms with van der Waals surface area (Å²) in [6.07, 6.45) is 11.5. The standard InChI is InChI=1S/C18H30N2O2/c1-2-3-4-5-6-7-8-9-10-14-17(21)22-16-13-11-12-15(19)18(16)20/h11-13H,2-10,14,19-20H2,1H3. The Morgan fingerprint density at radius 1 is 0.955 bits per heavy atom. The first-order valence-electron chi connectivity index (χ1n) is 8.49. The molecule has 0 aliphatic carbocycles. The van der Waals surface area contributed by atoms with Crippen molar-refractivity contribution in [3.63, 3.8) is 0 Å². The van der Waals surface area contributed by atoms with Gasteiger partial charge in [-0.25, -0.2) is 0 Å². The number of ether oxygens (including phenoxy) is 1. The molecule has 4 heteroatoms. The third-order valence-electron chi connectivity index (χ3n) is 3.81. The number of nitrogen functional groups attached to an aromatic ring is 2. The van der Waals surface area contributed by atoms with Gasteiger partial charge in [0.2, 0.25) is 0 Å². The Morgan fingerprint density at radius 2 is 1.55 bits per heavy atom. The maximum atomic E-state index is 11.8. The molecule has 0 atom stereocenters. The second-order valence-electron chi connectivity index (χ2n) is 5.81. The van der Waals surface area contributed by atoms with Crippen molar-refractivity contribution in [1.29, 1.82) is 0 Å². The Morgan fingerprint density at radius 3 is 2.18 bits per heavy atom. The SMILES string of the molecule is CCCCCCCCCCCC(=O)Oc1cccc(N)c1N. The number of hydrogen-bond donors (Lipinski definition) is 2. The first-order chi connectivity index (χ1) is 10.6. The highest BCUT2D eigenvalue weighted by Crippen LogP contribution is 2.27. The summed E-state index contributed by atoms with van der Waals surface area (Å²) in [7, 11) is 0. The van der Waals surface area contributed by atoms with Crippen LogP contribution in [0.5, 0.6) is 5.75 Å². The number of hydrogen-bond acceptors (Lipinski definition) is 4. The van der Waals surface area contributed by atoms with Gasteiger partial charge in [0.25, 0.3) is 0 Å². The lowest BCUT2D eigenvalue weighted by Crippen LogP contribution is -2.09. The lowest BCUT2D eigenvalue weighted by molar-refractivity contribution is -0.134. The van der Waals surface area contributed by atoms with Gasteiger partial charge >= 0.3 is 5.97 Å². The molecule has 1 aromatic rings. The van der Waals surface area contributed by atoms with Crippen molar-refractivity contribution in [1.82, 2.24) is 0 Å². The normalized spacial score (nSPS) is 10.6. The van der Waals surface area contributed by atoms with Crippen LogP contribution < -0.4 is 16.2 Å². The maximum Gasteiger partial charge on any atom is 0.311 e. The van der Waals surface area contributed by atoms with Crippen molar-refractivity contribution in [2.45, 2.75) is 71.1 Å². The minimum absolute atomic E-state index is 0.236. The summed E-state index contributed by atoms with van der Waals surface area (Å²) in [4.78, 5) is 11.8. The fraction of sp³-hybridized carbons (Fsp3) is 0.611. The van der Waals surface area contributed by atoms with Gasteiger partial charge < -0.3 is 16.2 Å². The first-order valence-corrected chi connectivity index (χ1v) is 8.49. The molecule has 1 rings (SSSR count). The second-order valence-corrected chi connectivity index (χ2v) is 5.81. The van der Waals surface area contributed by atoms with Gasteiger partial charge in [-0.15, -0.1) is 0 Å². The summed E-state index contributed by atoms with van der Waals surface area (Å²) in [6, 6.07) is 5.08. The van der Waals surface area contributed by atoms with E-state index in [0.29, 0.717) is 23.5 Å². The van der Waals surface area contributed by atoms with E-state index in [0.717, 1.165) is 12.8 Å². The molecule has 0 aliphatic heterocycles. The summed E-state index contributed by atoms with van der Waals surface area (Å²) in [5, 5.41) is 0. The van der Waals surface area contributed by atoms with Gasteiger partial charge in [0.05, 0.1) is 11.4 Å². The molecule has 0 saturated heterocycles. The number of anilines is 2. The molecule has 0 bridgehead atoms. The number of unbranched alkanes of at least 4 members (excludes halogenated alkanes) is 8. The fourth-order valence-corrected chi connectivity index (χ4v) is 2.40. The van der Waals surface area contributed by atoms with Crippen molar-refractivity contribution in [3.8, 4) is 5.75 Å². The average molecular weight is 306 g/mol. The van der Waals surface area contributed by atoms with Crippen LogP contribution in [0.4, 0.5) is 11.4 Å². The Labute approximate surface area is 134 Å². The van der Waals surface area contributed by atoms with Crippen LogP contribution in [-0.4, -0.2) is 5.97 Å². The minimum atomic E-state index is -0.236. The molecule has 0 radical (unpaired) electrons. The Hall–Kier alpha value is -1.71. The second kappa shape index (κ2) is 10.9. The maximum absolute atomic E-state index is 11.8. The predicted octanol–water partition coefficient (Wildman–Crippen LogP) is 4.68. The van der Waals surface area contributed by atoms with Crippen LogP contribution in [0, 0.1) is 0 Å². The van der Waals surface area contributed by atoms with E-state index < -0.39 is 0 Å². The van der Waals surface area contributed by atoms with E-state index in [2.05, 4.69) is 6.92 Å². The third kappa shape index (κ3) is 7.34. The highest BCUT2D eigenvalue weighted by atomic mass is 16.5. The van der Waals surface area contributed by atoms with Crippen LogP contribution in [0.3, 0.4) is 0 Å². The third-order valence-corrected chi connectivity index (χ3v) is 3.81. The van der Waals surface area contributed by atoms with Gasteiger partial charge in [0.15, 0.2) is 5.75 Å². The largest absolute Gasteiger partial charge is 0.424 e. The number of nitrogens with two attached hydrogens (primary N) is 2. The highest BCUT2D eigenvalue weighted by molar-refractivity contribution is 5.78. The van der Waals surface area contributed by atoms with E-state index in [1.54, 1.807) is 18.2 Å². The summed E-state index contributed by atoms with van der Waals surface area (Å²) >= 11 is 0. The van der Waals surface area contributed by atoms with Gasteiger partial charge in [-0.05, 0) is 18.6 Å². The smallest absolute Gasteiger partial charge is 0.311 e. The molecule has 0 amide bonds. The zero-order chi connectivity index (χ0) is 16.2. The summed E-state index contributed by atoms with van der Waals surface area (Å²) in [5.74, 6) is 0.126. The minimum Gasteiger partial charge on any atom is -0.424 e. The van der Waals surface area contributed by atoms with Gasteiger partial charge in [0, 0.05) is 6.42 Å². The molecule has 124 valence electrons. The van der Waals surface area contributed by atoms with E-state index in [4.69, 9.17) is 16.2 Å². The molecule has 4 nitrogen and oxygen atoms in total. The zero-order valence-corrected chi connectivity index (χ0v) is 13.8. The van der Waals surface area contributed by atoms with E-state index in [1.165, 1.54) is 44.9 Å². The van der Waals surface area contributed by atoms with Gasteiger partial charge in [-0.2, -0.15) is 0 Å². The average Bonchev–Trinajstić information content (AvgIpc) is 2.50. The van der Waals surface area contributed by atoms with Crippen molar-refractivity contribution < 1.29 is 9.53 Å². The van der Waals surface area contributed by atoms with Crippen molar-refractivity contribution in [2.75, 3.05) is 11.5 Å². The van der Waals surface area contributed by atoms with Crippen LogP contribution in [-0.2, 0) is 4.79 Å². The van der Waals surface area contributed by atoms with Gasteiger partial charge in [-0.1, -0.05) is 64.4 Å². The Kier molecular flexibility index (Phi) is 9.12. The summed E-state index contributed by atoms with van der Waals surface area (Å²) in [6.45, 7) is 2.23. The molecule has 4 N–H and O–H groups in total. The molecule has 0 unspecified atom stereocenters. The van der Waals surface area contributed by atoms with E-state index >= 15 is 0 Å². The van der Waals surface area contributed by atoms with Crippen molar-refractivity contribution in [2.24, 2.45) is 0 Å². The monoisotopic (exact) mass is 306 g/mol. The lowest BCUT2D eigenvalue weighted by atomic mass is 10.1. The predicted molar refractivity (Wildman–Crippen MR) is 92.7 cm³/mol. The molecule has 0 saturated carbocycles. The summed E-state index contributed by atoms with van der Waals surface area (Å²) in [5.41, 5.74) is 12.2. The quantitative estimate of drug-likeness (QED) is 0.269. The van der Waals surface area contributed by atoms with Crippen LogP contribution in [0.1, 0.15) is 71.1 Å². The van der Waals surface area contributed by atoms with Crippen LogP contribution in [0.25, 0.3) is 0 Å². The number of benzene rings is 1. The fourth-order valence-electron chi connectivity index (χ4n) is 2.40. The number of esters is 1. The van der Waals surface area contributed by atoms with Crippen LogP contribution >= 0.6 is 0 Å². The van der Waals surface area contributed by atoms with E-state index in [-0.39, 0.29) is 5.97 Å². The molecular formula is C18H30N2O2. The van der Waals surface area contributed by atoms with Crippen LogP contribution in [0.15, 0.2) is 18.2 Å². The summed E-state index contributed by atoms with van der Waals surface area (Å²) < 4.78 is 5.25. The number of para-hydroxylation sites is 1. The first kappa shape index (κ1) is 18.3. The van der Waals surface area contributed by atoms with E-state index in [1.807, 2.05) is 0 Å². The van der Waals surface area contributed by atoms with Gasteiger partial charge in [-0.3, -0.25) is 4.79 Å². The molecule has 0 fully saturated rings. The lowest BCUT2D eigenvalue weighted by Gasteiger charge is -2.08. The topological polar surface area (TPSA) is 78.3 Å². The highest BCUT2D eigenvalue weighted by Gasteiger charge is 2.09. The Balaban J connectivity index is 2.08. The molecule has 0 aromatic heterocycles.